The van der Waals surface area contributed by atoms with Crippen LogP contribution < -0.4 is 5.73 Å². The van der Waals surface area contributed by atoms with E-state index in [0.717, 1.165) is 6.42 Å². The van der Waals surface area contributed by atoms with Crippen LogP contribution in [0.25, 0.3) is 0 Å². The van der Waals surface area contributed by atoms with E-state index in [0.29, 0.717) is 5.13 Å². The Morgan fingerprint density at radius 2 is 1.29 bits per heavy atom. The van der Waals surface area contributed by atoms with Crippen molar-refractivity contribution in [2.24, 2.45) is 0 Å². The van der Waals surface area contributed by atoms with Gasteiger partial charge in [-0.15, -0.1) is 11.3 Å². The lowest BCUT2D eigenvalue weighted by molar-refractivity contribution is 0.539. The average molecular weight is 311 g/mol. The first-order valence-electron chi connectivity index (χ1n) is 9.03. The smallest absolute Gasteiger partial charge is 0.180 e. The van der Waals surface area contributed by atoms with Gasteiger partial charge in [0.1, 0.15) is 0 Å². The van der Waals surface area contributed by atoms with Crippen LogP contribution in [-0.2, 0) is 6.42 Å². The Balaban J connectivity index is 1.74. The first kappa shape index (κ1) is 18.5. The maximum Gasteiger partial charge on any atom is 0.180 e. The van der Waals surface area contributed by atoms with E-state index >= 15 is 0 Å². The van der Waals surface area contributed by atoms with Crippen LogP contribution >= 0.6 is 11.3 Å². The van der Waals surface area contributed by atoms with Crippen molar-refractivity contribution in [3.05, 3.63) is 11.1 Å². The zero-order chi connectivity index (χ0) is 15.2. The summed E-state index contributed by atoms with van der Waals surface area (Å²) < 4.78 is 0. The van der Waals surface area contributed by atoms with Crippen molar-refractivity contribution in [2.45, 2.75) is 96.8 Å². The monoisotopic (exact) mass is 310 g/mol. The summed E-state index contributed by atoms with van der Waals surface area (Å²) in [5.41, 5.74) is 6.81. The molecule has 122 valence electrons. The molecule has 1 aromatic heterocycles. The molecule has 0 aliphatic carbocycles. The van der Waals surface area contributed by atoms with Crippen molar-refractivity contribution in [2.75, 3.05) is 5.73 Å². The van der Waals surface area contributed by atoms with E-state index in [2.05, 4.69) is 17.3 Å². The minimum Gasteiger partial charge on any atom is -0.375 e. The van der Waals surface area contributed by atoms with Crippen LogP contribution in [0.1, 0.15) is 96.1 Å². The zero-order valence-electron chi connectivity index (χ0n) is 13.9. The molecule has 0 spiro atoms. The Morgan fingerprint density at radius 3 is 1.71 bits per heavy atom. The number of hydrogen-bond donors (Lipinski definition) is 1. The number of anilines is 1. The Bertz CT molecular complexity index is 336. The number of nitrogens with zero attached hydrogens (tertiary/aromatic N) is 1. The van der Waals surface area contributed by atoms with E-state index in [4.69, 9.17) is 5.73 Å². The summed E-state index contributed by atoms with van der Waals surface area (Å²) in [7, 11) is 0. The maximum absolute atomic E-state index is 5.63. The number of nitrogens with two attached hydrogens (primary N) is 1. The van der Waals surface area contributed by atoms with Crippen LogP contribution in [-0.4, -0.2) is 4.98 Å². The quantitative estimate of drug-likeness (QED) is 0.406. The van der Waals surface area contributed by atoms with Gasteiger partial charge < -0.3 is 5.73 Å². The molecule has 0 amide bonds. The lowest BCUT2D eigenvalue weighted by Gasteiger charge is -2.02. The van der Waals surface area contributed by atoms with Crippen molar-refractivity contribution >= 4 is 16.5 Å². The topological polar surface area (TPSA) is 38.9 Å². The van der Waals surface area contributed by atoms with Crippen LogP contribution in [0.4, 0.5) is 5.13 Å². The van der Waals surface area contributed by atoms with Gasteiger partial charge in [0.2, 0.25) is 0 Å². The SMILES string of the molecule is CCCCCCCCCCCCCCCc1csc(N)n1. The van der Waals surface area contributed by atoms with Crippen molar-refractivity contribution in [3.8, 4) is 0 Å². The molecular weight excluding hydrogens is 276 g/mol. The Morgan fingerprint density at radius 1 is 0.810 bits per heavy atom. The second kappa shape index (κ2) is 13.1. The number of unbranched alkanes of at least 4 members (excludes halogenated alkanes) is 12. The molecule has 0 saturated carbocycles. The van der Waals surface area contributed by atoms with Gasteiger partial charge in [-0.2, -0.15) is 0 Å². The molecule has 0 fully saturated rings. The van der Waals surface area contributed by atoms with Crippen LogP contribution in [0.15, 0.2) is 5.38 Å². The molecular formula is C18H34N2S. The molecule has 21 heavy (non-hydrogen) atoms. The molecule has 1 rings (SSSR count). The van der Waals surface area contributed by atoms with Crippen molar-refractivity contribution in [1.29, 1.82) is 0 Å². The summed E-state index contributed by atoms with van der Waals surface area (Å²) in [6.07, 6.45) is 19.4. The molecule has 1 aromatic rings. The van der Waals surface area contributed by atoms with E-state index in [9.17, 15) is 0 Å². The van der Waals surface area contributed by atoms with Crippen LogP contribution in [0.2, 0.25) is 0 Å². The molecule has 0 unspecified atom stereocenters. The van der Waals surface area contributed by atoms with Crippen LogP contribution in [0, 0.1) is 0 Å². The molecule has 2 N–H and O–H groups in total. The Kier molecular flexibility index (Phi) is 11.5. The largest absolute Gasteiger partial charge is 0.375 e. The molecule has 0 radical (unpaired) electrons. The highest BCUT2D eigenvalue weighted by Gasteiger charge is 1.98. The van der Waals surface area contributed by atoms with Gasteiger partial charge in [-0.05, 0) is 12.8 Å². The van der Waals surface area contributed by atoms with Crippen molar-refractivity contribution < 1.29 is 0 Å². The average Bonchev–Trinajstić information content (AvgIpc) is 2.89. The van der Waals surface area contributed by atoms with E-state index in [1.54, 1.807) is 11.3 Å². The number of nitrogen functional groups attached to an aromatic ring is 1. The molecule has 1 heterocycles. The lowest BCUT2D eigenvalue weighted by atomic mass is 10.0. The molecule has 0 saturated heterocycles. The zero-order valence-corrected chi connectivity index (χ0v) is 14.7. The molecule has 0 bridgehead atoms. The number of rotatable bonds is 14. The van der Waals surface area contributed by atoms with Crippen LogP contribution in [0.5, 0.6) is 0 Å². The fraction of sp³-hybridized carbons (Fsp3) is 0.833. The number of hydrogen-bond acceptors (Lipinski definition) is 3. The predicted octanol–water partition coefficient (Wildman–Crippen LogP) is 6.36. The van der Waals surface area contributed by atoms with Gasteiger partial charge >= 0.3 is 0 Å². The Hall–Kier alpha value is -0.570. The summed E-state index contributed by atoms with van der Waals surface area (Å²) in [5, 5.41) is 2.80. The number of aromatic nitrogens is 1. The summed E-state index contributed by atoms with van der Waals surface area (Å²) >= 11 is 1.56. The second-order valence-corrected chi connectivity index (χ2v) is 7.06. The molecule has 3 heteroatoms. The molecule has 2 nitrogen and oxygen atoms in total. The highest BCUT2D eigenvalue weighted by atomic mass is 32.1. The number of thiazole rings is 1. The van der Waals surface area contributed by atoms with E-state index in [1.807, 2.05) is 0 Å². The van der Waals surface area contributed by atoms with E-state index < -0.39 is 0 Å². The third-order valence-corrected chi connectivity index (χ3v) is 4.83. The maximum atomic E-state index is 5.63. The first-order valence-corrected chi connectivity index (χ1v) is 9.90. The fourth-order valence-electron chi connectivity index (χ4n) is 2.76. The lowest BCUT2D eigenvalue weighted by Crippen LogP contribution is -1.88. The molecule has 0 aliphatic rings. The van der Waals surface area contributed by atoms with Gasteiger partial charge in [0, 0.05) is 5.38 Å². The van der Waals surface area contributed by atoms with Gasteiger partial charge in [-0.1, -0.05) is 84.0 Å². The van der Waals surface area contributed by atoms with E-state index in [-0.39, 0.29) is 0 Å². The molecule has 0 atom stereocenters. The standard InChI is InChI=1S/C18H34N2S/c1-2-3-4-5-6-7-8-9-10-11-12-13-14-15-17-16-21-18(19)20-17/h16H,2-15H2,1H3,(H2,19,20). The molecule has 0 aliphatic heterocycles. The summed E-state index contributed by atoms with van der Waals surface area (Å²) in [5.74, 6) is 0. The Labute approximate surface area is 135 Å². The van der Waals surface area contributed by atoms with Gasteiger partial charge in [0.25, 0.3) is 0 Å². The normalized spacial score (nSPS) is 11.1. The third-order valence-electron chi connectivity index (χ3n) is 4.11. The van der Waals surface area contributed by atoms with Gasteiger partial charge in [-0.25, -0.2) is 4.98 Å². The predicted molar refractivity (Wildman–Crippen MR) is 95.9 cm³/mol. The summed E-state index contributed by atoms with van der Waals surface area (Å²) in [6.45, 7) is 2.28. The highest BCUT2D eigenvalue weighted by molar-refractivity contribution is 7.13. The first-order chi connectivity index (χ1) is 10.3. The van der Waals surface area contributed by atoms with E-state index in [1.165, 1.54) is 89.2 Å². The summed E-state index contributed by atoms with van der Waals surface area (Å²) in [6, 6.07) is 0. The van der Waals surface area contributed by atoms with Crippen molar-refractivity contribution in [3.63, 3.8) is 0 Å². The molecule has 0 aromatic carbocycles. The van der Waals surface area contributed by atoms with Crippen molar-refractivity contribution in [1.82, 2.24) is 4.98 Å². The third kappa shape index (κ3) is 10.8. The second-order valence-electron chi connectivity index (χ2n) is 6.17. The van der Waals surface area contributed by atoms with Gasteiger partial charge in [0.15, 0.2) is 5.13 Å². The summed E-state index contributed by atoms with van der Waals surface area (Å²) in [4.78, 5) is 4.30. The fourth-order valence-corrected chi connectivity index (χ4v) is 3.36. The van der Waals surface area contributed by atoms with Gasteiger partial charge in [0.05, 0.1) is 5.69 Å². The van der Waals surface area contributed by atoms with Crippen LogP contribution in [0.3, 0.4) is 0 Å². The highest BCUT2D eigenvalue weighted by Crippen LogP contribution is 2.15. The van der Waals surface area contributed by atoms with Gasteiger partial charge in [-0.3, -0.25) is 0 Å². The minimum absolute atomic E-state index is 0.708. The minimum atomic E-state index is 0.708. The number of aryl methyl sites for hydroxylation is 1.